The monoisotopic (exact) mass is 410 g/mol. The topological polar surface area (TPSA) is 50.8 Å². The summed E-state index contributed by atoms with van der Waals surface area (Å²) in [5.74, 6) is 1.15. The summed E-state index contributed by atoms with van der Waals surface area (Å²) in [7, 11) is 3.16. The fraction of sp³-hybridized carbons (Fsp3) is 0.350. The Hall–Kier alpha value is -1.95. The molecule has 1 fully saturated rings. The molecule has 5 nitrogen and oxygen atoms in total. The van der Waals surface area contributed by atoms with E-state index in [1.807, 2.05) is 42.2 Å². The molecule has 1 N–H and O–H groups in total. The highest BCUT2D eigenvalue weighted by Crippen LogP contribution is 2.33. The Morgan fingerprint density at radius 1 is 1.19 bits per heavy atom. The van der Waals surface area contributed by atoms with E-state index in [0.717, 1.165) is 17.7 Å². The fourth-order valence-corrected chi connectivity index (χ4v) is 3.52. The van der Waals surface area contributed by atoms with Crippen LogP contribution in [-0.4, -0.2) is 44.7 Å². The summed E-state index contributed by atoms with van der Waals surface area (Å²) in [4.78, 5) is 15.2. The molecule has 7 heteroatoms. The quantitative estimate of drug-likeness (QED) is 0.830. The largest absolute Gasteiger partial charge is 0.493 e. The highest BCUT2D eigenvalue weighted by Gasteiger charge is 2.30. The molecule has 2 aromatic rings. The smallest absolute Gasteiger partial charge is 0.254 e. The highest BCUT2D eigenvalue weighted by molar-refractivity contribution is 6.30. The van der Waals surface area contributed by atoms with Gasteiger partial charge in [-0.3, -0.25) is 4.79 Å². The number of aryl methyl sites for hydroxylation is 1. The Morgan fingerprint density at radius 2 is 1.89 bits per heavy atom. The Morgan fingerprint density at radius 3 is 2.56 bits per heavy atom. The third-order valence-electron chi connectivity index (χ3n) is 4.70. The lowest BCUT2D eigenvalue weighted by atomic mass is 10.00. The molecule has 0 spiro atoms. The second-order valence-corrected chi connectivity index (χ2v) is 6.73. The SMILES string of the molecule is COc1cc(C)c(C(=O)N2CCNCC2c2cccc(Cl)c2)cc1OC.Cl. The van der Waals surface area contributed by atoms with Gasteiger partial charge in [0.15, 0.2) is 11.5 Å². The second kappa shape index (κ2) is 9.31. The first-order chi connectivity index (χ1) is 12.5. The van der Waals surface area contributed by atoms with Gasteiger partial charge in [0, 0.05) is 30.2 Å². The van der Waals surface area contributed by atoms with Gasteiger partial charge in [-0.2, -0.15) is 0 Å². The number of methoxy groups -OCH3 is 2. The maximum Gasteiger partial charge on any atom is 0.254 e. The van der Waals surface area contributed by atoms with Crippen molar-refractivity contribution in [3.8, 4) is 11.5 Å². The molecular weight excluding hydrogens is 387 g/mol. The molecular formula is C20H24Cl2N2O3. The van der Waals surface area contributed by atoms with Crippen LogP contribution in [0.2, 0.25) is 5.02 Å². The number of halogens is 2. The molecule has 0 saturated carbocycles. The number of ether oxygens (including phenoxy) is 2. The average Bonchev–Trinajstić information content (AvgIpc) is 2.67. The van der Waals surface area contributed by atoms with E-state index in [-0.39, 0.29) is 24.4 Å². The van der Waals surface area contributed by atoms with Crippen LogP contribution in [0.4, 0.5) is 0 Å². The van der Waals surface area contributed by atoms with E-state index in [9.17, 15) is 4.79 Å². The maximum atomic E-state index is 13.3. The third-order valence-corrected chi connectivity index (χ3v) is 4.93. The van der Waals surface area contributed by atoms with Crippen molar-refractivity contribution in [1.82, 2.24) is 10.2 Å². The number of amides is 1. The summed E-state index contributed by atoms with van der Waals surface area (Å²) in [5, 5.41) is 4.03. The molecule has 1 aliphatic rings. The van der Waals surface area contributed by atoms with Crippen LogP contribution in [0.1, 0.15) is 27.5 Å². The van der Waals surface area contributed by atoms with Gasteiger partial charge in [0.2, 0.25) is 0 Å². The van der Waals surface area contributed by atoms with Gasteiger partial charge in [-0.25, -0.2) is 0 Å². The molecule has 1 heterocycles. The fourth-order valence-electron chi connectivity index (χ4n) is 3.32. The first-order valence-corrected chi connectivity index (χ1v) is 8.92. The molecule has 1 amide bonds. The van der Waals surface area contributed by atoms with Gasteiger partial charge in [-0.15, -0.1) is 12.4 Å². The Balaban J connectivity index is 0.00000261. The van der Waals surface area contributed by atoms with Crippen molar-refractivity contribution in [3.63, 3.8) is 0 Å². The first kappa shape index (κ1) is 21.4. The number of nitrogens with zero attached hydrogens (tertiary/aromatic N) is 1. The average molecular weight is 411 g/mol. The summed E-state index contributed by atoms with van der Waals surface area (Å²) in [6.07, 6.45) is 0. The van der Waals surface area contributed by atoms with E-state index in [2.05, 4.69) is 5.32 Å². The Kier molecular flexibility index (Phi) is 7.36. The van der Waals surface area contributed by atoms with Gasteiger partial charge in [-0.1, -0.05) is 23.7 Å². The number of carbonyl (C=O) groups is 1. The molecule has 1 unspecified atom stereocenters. The number of benzene rings is 2. The van der Waals surface area contributed by atoms with Crippen LogP contribution in [0.3, 0.4) is 0 Å². The van der Waals surface area contributed by atoms with E-state index < -0.39 is 0 Å². The molecule has 2 aromatic carbocycles. The van der Waals surface area contributed by atoms with Crippen molar-refractivity contribution >= 4 is 29.9 Å². The van der Waals surface area contributed by atoms with Gasteiger partial charge in [-0.05, 0) is 42.3 Å². The van der Waals surface area contributed by atoms with Gasteiger partial charge in [0.25, 0.3) is 5.91 Å². The zero-order valence-electron chi connectivity index (χ0n) is 15.6. The minimum absolute atomic E-state index is 0. The first-order valence-electron chi connectivity index (χ1n) is 8.55. The summed E-state index contributed by atoms with van der Waals surface area (Å²) in [6, 6.07) is 11.2. The molecule has 146 valence electrons. The molecule has 0 radical (unpaired) electrons. The summed E-state index contributed by atoms with van der Waals surface area (Å²) < 4.78 is 10.7. The van der Waals surface area contributed by atoms with Gasteiger partial charge in [0.1, 0.15) is 0 Å². The van der Waals surface area contributed by atoms with Crippen LogP contribution in [0.15, 0.2) is 36.4 Å². The minimum atomic E-state index is -0.0672. The highest BCUT2D eigenvalue weighted by atomic mass is 35.5. The zero-order chi connectivity index (χ0) is 18.7. The second-order valence-electron chi connectivity index (χ2n) is 6.30. The number of rotatable bonds is 4. The van der Waals surface area contributed by atoms with Crippen molar-refractivity contribution in [2.24, 2.45) is 0 Å². The summed E-state index contributed by atoms with van der Waals surface area (Å²) >= 11 is 6.15. The molecule has 3 rings (SSSR count). The van der Waals surface area contributed by atoms with Crippen LogP contribution in [0.25, 0.3) is 0 Å². The normalized spacial score (nSPS) is 16.4. The van der Waals surface area contributed by atoms with Crippen molar-refractivity contribution in [2.75, 3.05) is 33.9 Å². The van der Waals surface area contributed by atoms with Crippen LogP contribution in [0, 0.1) is 6.92 Å². The van der Waals surface area contributed by atoms with E-state index in [1.165, 1.54) is 0 Å². The number of piperazine rings is 1. The van der Waals surface area contributed by atoms with Crippen molar-refractivity contribution in [3.05, 3.63) is 58.1 Å². The zero-order valence-corrected chi connectivity index (χ0v) is 17.2. The Labute approximate surface area is 171 Å². The third kappa shape index (κ3) is 4.49. The lowest BCUT2D eigenvalue weighted by Crippen LogP contribution is -2.48. The lowest BCUT2D eigenvalue weighted by Gasteiger charge is -2.37. The predicted molar refractivity (Wildman–Crippen MR) is 110 cm³/mol. The van der Waals surface area contributed by atoms with Crippen LogP contribution >= 0.6 is 24.0 Å². The number of carbonyl (C=O) groups excluding carboxylic acids is 1. The molecule has 1 aliphatic heterocycles. The molecule has 0 aromatic heterocycles. The van der Waals surface area contributed by atoms with E-state index in [4.69, 9.17) is 21.1 Å². The summed E-state index contributed by atoms with van der Waals surface area (Å²) in [5.41, 5.74) is 2.50. The standard InChI is InChI=1S/C20H23ClN2O3.ClH/c1-13-9-18(25-2)19(26-3)11-16(13)20(24)23-8-7-22-12-17(23)14-5-4-6-15(21)10-14;/h4-6,9-11,17,22H,7-8,12H2,1-3H3;1H. The van der Waals surface area contributed by atoms with Crippen LogP contribution in [0.5, 0.6) is 11.5 Å². The van der Waals surface area contributed by atoms with Gasteiger partial charge < -0.3 is 19.7 Å². The number of hydrogen-bond donors (Lipinski definition) is 1. The predicted octanol–water partition coefficient (Wildman–Crippen LogP) is 3.87. The van der Waals surface area contributed by atoms with Gasteiger partial charge in [0.05, 0.1) is 20.3 Å². The van der Waals surface area contributed by atoms with Crippen molar-refractivity contribution in [2.45, 2.75) is 13.0 Å². The molecule has 0 bridgehead atoms. The van der Waals surface area contributed by atoms with Crippen LogP contribution < -0.4 is 14.8 Å². The molecule has 27 heavy (non-hydrogen) atoms. The maximum absolute atomic E-state index is 13.3. The van der Waals surface area contributed by atoms with Crippen molar-refractivity contribution < 1.29 is 14.3 Å². The molecule has 0 aliphatic carbocycles. The van der Waals surface area contributed by atoms with E-state index in [1.54, 1.807) is 20.3 Å². The lowest BCUT2D eigenvalue weighted by molar-refractivity contribution is 0.0633. The van der Waals surface area contributed by atoms with Gasteiger partial charge >= 0.3 is 0 Å². The minimum Gasteiger partial charge on any atom is -0.493 e. The summed E-state index contributed by atoms with van der Waals surface area (Å²) in [6.45, 7) is 3.99. The van der Waals surface area contributed by atoms with Crippen molar-refractivity contribution in [1.29, 1.82) is 0 Å². The van der Waals surface area contributed by atoms with E-state index >= 15 is 0 Å². The molecule has 1 atom stereocenters. The molecule has 1 saturated heterocycles. The van der Waals surface area contributed by atoms with Crippen LogP contribution in [-0.2, 0) is 0 Å². The number of hydrogen-bond acceptors (Lipinski definition) is 4. The van der Waals surface area contributed by atoms with E-state index in [0.29, 0.717) is 35.2 Å². The Bertz CT molecular complexity index is 814. The number of nitrogens with one attached hydrogen (secondary N) is 1.